The summed E-state index contributed by atoms with van der Waals surface area (Å²) in [7, 11) is 0. The van der Waals surface area contributed by atoms with Crippen LogP contribution in [-0.4, -0.2) is 28.4 Å². The van der Waals surface area contributed by atoms with Crippen molar-refractivity contribution in [2.45, 2.75) is 39.5 Å². The van der Waals surface area contributed by atoms with E-state index in [4.69, 9.17) is 19.6 Å². The van der Waals surface area contributed by atoms with Crippen molar-refractivity contribution >= 4 is 44.5 Å². The largest absolute Gasteiger partial charge is 0.490 e. The van der Waals surface area contributed by atoms with E-state index in [1.165, 1.54) is 0 Å². The molecular weight excluding hydrogens is 564 g/mol. The highest BCUT2D eigenvalue weighted by Gasteiger charge is 2.35. The first-order valence-electron chi connectivity index (χ1n) is 12.7. The van der Waals surface area contributed by atoms with Gasteiger partial charge >= 0.3 is 0 Å². The first kappa shape index (κ1) is 26.3. The van der Waals surface area contributed by atoms with E-state index in [0.29, 0.717) is 35.6 Å². The summed E-state index contributed by atoms with van der Waals surface area (Å²) in [6.07, 6.45) is 1.57. The maximum atomic E-state index is 13.3. The van der Waals surface area contributed by atoms with Gasteiger partial charge in [-0.2, -0.15) is 0 Å². The summed E-state index contributed by atoms with van der Waals surface area (Å²) in [6, 6.07) is 21.6. The Hall–Kier alpha value is -3.30. The van der Waals surface area contributed by atoms with Crippen molar-refractivity contribution in [1.82, 2.24) is 10.3 Å². The second-order valence-electron chi connectivity index (χ2n) is 8.81. The highest BCUT2D eigenvalue weighted by molar-refractivity contribution is 9.10. The number of carbonyl (C=O) groups excluding carboxylic acids is 1. The number of halogens is 1. The molecule has 5 rings (SSSR count). The van der Waals surface area contributed by atoms with Gasteiger partial charge in [-0.3, -0.25) is 15.1 Å². The number of ether oxygens (including phenoxy) is 2. The zero-order valence-corrected chi connectivity index (χ0v) is 23.7. The molecule has 0 bridgehead atoms. The SMILES string of the molecule is CCCCSC1=NN2C(=c3ccccc3=N[C@@H]2c2cc(Br)c(OCc3ccccc3)c(OCC)c2)C(=O)N1. The van der Waals surface area contributed by atoms with Crippen molar-refractivity contribution in [2.75, 3.05) is 12.4 Å². The van der Waals surface area contributed by atoms with Crippen molar-refractivity contribution in [1.29, 1.82) is 0 Å². The second kappa shape index (κ2) is 12.0. The average molecular weight is 594 g/mol. The molecule has 0 aliphatic carbocycles. The Morgan fingerprint density at radius 2 is 1.84 bits per heavy atom. The van der Waals surface area contributed by atoms with E-state index in [-0.39, 0.29) is 5.91 Å². The van der Waals surface area contributed by atoms with Gasteiger partial charge in [-0.15, -0.1) is 5.10 Å². The quantitative estimate of drug-likeness (QED) is 0.350. The maximum absolute atomic E-state index is 13.3. The van der Waals surface area contributed by atoms with Gasteiger partial charge in [-0.05, 0) is 53.0 Å². The molecule has 0 aromatic heterocycles. The Balaban J connectivity index is 1.56. The fourth-order valence-corrected chi connectivity index (χ4v) is 5.80. The number of unbranched alkanes of at least 4 members (excludes halogenated alkanes) is 1. The first-order valence-corrected chi connectivity index (χ1v) is 14.5. The number of carbonyl (C=O) groups is 1. The van der Waals surface area contributed by atoms with Gasteiger partial charge in [0, 0.05) is 16.5 Å². The Morgan fingerprint density at radius 3 is 2.63 bits per heavy atom. The normalized spacial score (nSPS) is 16.1. The van der Waals surface area contributed by atoms with Crippen LogP contribution in [0.3, 0.4) is 0 Å². The number of thioether (sulfide) groups is 1. The van der Waals surface area contributed by atoms with Crippen molar-refractivity contribution in [3.05, 3.63) is 92.9 Å². The molecule has 2 heterocycles. The summed E-state index contributed by atoms with van der Waals surface area (Å²) in [5.41, 5.74) is 2.38. The van der Waals surface area contributed by atoms with Crippen LogP contribution in [0.5, 0.6) is 11.5 Å². The highest BCUT2D eigenvalue weighted by Crippen LogP contribution is 2.41. The molecule has 3 aromatic carbocycles. The highest BCUT2D eigenvalue weighted by atomic mass is 79.9. The van der Waals surface area contributed by atoms with E-state index >= 15 is 0 Å². The van der Waals surface area contributed by atoms with E-state index in [2.05, 4.69) is 28.2 Å². The molecule has 1 N–H and O–H groups in total. The fraction of sp³-hybridized carbons (Fsp3) is 0.276. The summed E-state index contributed by atoms with van der Waals surface area (Å²) in [5, 5.41) is 11.6. The van der Waals surface area contributed by atoms with E-state index < -0.39 is 6.17 Å². The average Bonchev–Trinajstić information content (AvgIpc) is 2.93. The lowest BCUT2D eigenvalue weighted by Gasteiger charge is -2.34. The van der Waals surface area contributed by atoms with Gasteiger partial charge in [-0.1, -0.05) is 73.6 Å². The van der Waals surface area contributed by atoms with Crippen molar-refractivity contribution in [2.24, 2.45) is 10.1 Å². The summed E-state index contributed by atoms with van der Waals surface area (Å²) >= 11 is 5.25. The molecule has 0 fully saturated rings. The van der Waals surface area contributed by atoms with Crippen LogP contribution < -0.4 is 25.4 Å². The van der Waals surface area contributed by atoms with Gasteiger partial charge in [0.2, 0.25) is 0 Å². The topological polar surface area (TPSA) is 75.5 Å². The number of hydrogen-bond acceptors (Lipinski definition) is 7. The molecule has 38 heavy (non-hydrogen) atoms. The lowest BCUT2D eigenvalue weighted by molar-refractivity contribution is -0.116. The minimum atomic E-state index is -0.550. The minimum absolute atomic E-state index is 0.182. The number of amides is 1. The smallest absolute Gasteiger partial charge is 0.276 e. The molecule has 0 unspecified atom stereocenters. The van der Waals surface area contributed by atoms with E-state index in [1.807, 2.05) is 73.7 Å². The van der Waals surface area contributed by atoms with Crippen LogP contribution in [0.25, 0.3) is 5.70 Å². The third-order valence-corrected chi connectivity index (χ3v) is 7.65. The number of amidine groups is 1. The number of nitrogens with one attached hydrogen (secondary N) is 1. The van der Waals surface area contributed by atoms with Gasteiger partial charge in [0.1, 0.15) is 12.3 Å². The number of benzene rings is 3. The number of para-hydroxylation sites is 1. The van der Waals surface area contributed by atoms with E-state index in [1.54, 1.807) is 16.8 Å². The van der Waals surface area contributed by atoms with Crippen LogP contribution in [-0.2, 0) is 11.4 Å². The lowest BCUT2D eigenvalue weighted by Crippen LogP contribution is -2.50. The van der Waals surface area contributed by atoms with Gasteiger partial charge in [0.15, 0.2) is 22.8 Å². The van der Waals surface area contributed by atoms with Crippen molar-refractivity contribution in [3.63, 3.8) is 0 Å². The Bertz CT molecular complexity index is 1480. The van der Waals surface area contributed by atoms with Crippen LogP contribution in [0.1, 0.15) is 44.0 Å². The van der Waals surface area contributed by atoms with Crippen molar-refractivity contribution < 1.29 is 14.3 Å². The molecular formula is C29H29BrN4O3S. The molecule has 7 nitrogen and oxygen atoms in total. The molecule has 0 radical (unpaired) electrons. The van der Waals surface area contributed by atoms with Gasteiger partial charge in [-0.25, -0.2) is 5.01 Å². The summed E-state index contributed by atoms with van der Waals surface area (Å²) < 4.78 is 12.9. The number of hydrogen-bond donors (Lipinski definition) is 1. The molecule has 2 aliphatic rings. The Labute approximate surface area is 234 Å². The second-order valence-corrected chi connectivity index (χ2v) is 10.7. The van der Waals surface area contributed by atoms with Gasteiger partial charge < -0.3 is 9.47 Å². The van der Waals surface area contributed by atoms with Gasteiger partial charge in [0.05, 0.1) is 16.4 Å². The third kappa shape index (κ3) is 5.59. The van der Waals surface area contributed by atoms with Crippen LogP contribution in [0.4, 0.5) is 0 Å². The van der Waals surface area contributed by atoms with Crippen molar-refractivity contribution in [3.8, 4) is 11.5 Å². The predicted octanol–water partition coefficient (Wildman–Crippen LogP) is 5.10. The molecule has 1 amide bonds. The molecule has 196 valence electrons. The zero-order chi connectivity index (χ0) is 26.5. The zero-order valence-electron chi connectivity index (χ0n) is 21.3. The Morgan fingerprint density at radius 1 is 1.05 bits per heavy atom. The molecule has 0 saturated heterocycles. The fourth-order valence-electron chi connectivity index (χ4n) is 4.29. The van der Waals surface area contributed by atoms with E-state index in [9.17, 15) is 4.79 Å². The number of nitrogens with zero attached hydrogens (tertiary/aromatic N) is 3. The molecule has 0 saturated carbocycles. The van der Waals surface area contributed by atoms with Gasteiger partial charge in [0.25, 0.3) is 5.91 Å². The number of hydrazone groups is 1. The molecule has 9 heteroatoms. The number of rotatable bonds is 9. The van der Waals surface area contributed by atoms with Crippen LogP contribution in [0.2, 0.25) is 0 Å². The lowest BCUT2D eigenvalue weighted by atomic mass is 10.1. The summed E-state index contributed by atoms with van der Waals surface area (Å²) in [6.45, 7) is 4.97. The molecule has 3 aromatic rings. The monoisotopic (exact) mass is 592 g/mol. The first-order chi connectivity index (χ1) is 18.6. The summed E-state index contributed by atoms with van der Waals surface area (Å²) in [4.78, 5) is 18.4. The van der Waals surface area contributed by atoms with Crippen LogP contribution >= 0.6 is 27.7 Å². The van der Waals surface area contributed by atoms with Crippen LogP contribution in [0.15, 0.2) is 81.3 Å². The minimum Gasteiger partial charge on any atom is -0.490 e. The number of fused-ring (bicyclic) bond motifs is 2. The standard InChI is InChI=1S/C29H29BrN4O3S/c1-3-5-15-38-29-32-28(35)25-21-13-9-10-14-23(21)31-27(34(25)33-29)20-16-22(30)26(24(17-20)36-4-2)37-18-19-11-7-6-8-12-19/h6-14,16-17,27H,3-5,15,18H2,1-2H3,(H,32,33,35)/t27-/m0/s1. The van der Waals surface area contributed by atoms with Crippen LogP contribution in [0, 0.1) is 0 Å². The molecule has 2 aliphatic heterocycles. The Kier molecular flexibility index (Phi) is 8.34. The predicted molar refractivity (Wildman–Crippen MR) is 154 cm³/mol. The maximum Gasteiger partial charge on any atom is 0.276 e. The molecule has 0 spiro atoms. The van der Waals surface area contributed by atoms with E-state index in [0.717, 1.165) is 44.8 Å². The summed E-state index contributed by atoms with van der Waals surface area (Å²) in [5.74, 6) is 1.92. The third-order valence-electron chi connectivity index (χ3n) is 6.11. The molecule has 1 atom stereocenters.